The van der Waals surface area contributed by atoms with Crippen molar-refractivity contribution in [2.75, 3.05) is 0 Å². The lowest BCUT2D eigenvalue weighted by Crippen LogP contribution is -2.05. The van der Waals surface area contributed by atoms with Crippen molar-refractivity contribution in [3.8, 4) is 5.75 Å². The number of nitrogens with two attached hydrogens (primary N) is 1. The van der Waals surface area contributed by atoms with Gasteiger partial charge in [-0.3, -0.25) is 10.1 Å². The van der Waals surface area contributed by atoms with E-state index in [1.807, 2.05) is 31.2 Å². The molecule has 0 saturated carbocycles. The van der Waals surface area contributed by atoms with Gasteiger partial charge in [-0.2, -0.15) is 0 Å². The van der Waals surface area contributed by atoms with Crippen molar-refractivity contribution < 1.29 is 9.66 Å². The molecule has 5 nitrogen and oxygen atoms in total. The summed E-state index contributed by atoms with van der Waals surface area (Å²) in [4.78, 5) is 10.3. The van der Waals surface area contributed by atoms with Gasteiger partial charge in [0.25, 0.3) is 5.69 Å². The number of nitro groups is 1. The highest BCUT2D eigenvalue weighted by molar-refractivity contribution is 5.35. The molecule has 2 rings (SSSR count). The molecule has 0 bridgehead atoms. The average molecular weight is 272 g/mol. The Labute approximate surface area is 117 Å². The number of hydrogen-bond acceptors (Lipinski definition) is 4. The van der Waals surface area contributed by atoms with E-state index in [0.29, 0.717) is 5.75 Å². The molecule has 1 atom stereocenters. The van der Waals surface area contributed by atoms with Gasteiger partial charge in [-0.25, -0.2) is 0 Å². The minimum atomic E-state index is -0.416. The summed E-state index contributed by atoms with van der Waals surface area (Å²) < 4.78 is 5.64. The van der Waals surface area contributed by atoms with Crippen molar-refractivity contribution in [3.63, 3.8) is 0 Å². The van der Waals surface area contributed by atoms with Gasteiger partial charge in [0, 0.05) is 18.2 Å². The molecule has 5 heteroatoms. The Morgan fingerprint density at radius 2 is 2.00 bits per heavy atom. The summed E-state index contributed by atoms with van der Waals surface area (Å²) >= 11 is 0. The van der Waals surface area contributed by atoms with E-state index in [0.717, 1.165) is 11.1 Å². The normalized spacial score (nSPS) is 11.9. The predicted octanol–water partition coefficient (Wildman–Crippen LogP) is 3.19. The van der Waals surface area contributed by atoms with E-state index >= 15 is 0 Å². The molecule has 0 aliphatic rings. The van der Waals surface area contributed by atoms with Gasteiger partial charge in [0.1, 0.15) is 12.4 Å². The Balaban J connectivity index is 2.07. The molecule has 0 unspecified atom stereocenters. The van der Waals surface area contributed by atoms with E-state index in [4.69, 9.17) is 10.5 Å². The van der Waals surface area contributed by atoms with E-state index in [1.165, 1.54) is 12.1 Å². The predicted molar refractivity (Wildman–Crippen MR) is 76.5 cm³/mol. The monoisotopic (exact) mass is 272 g/mol. The summed E-state index contributed by atoms with van der Waals surface area (Å²) in [6.07, 6.45) is 0. The Bertz CT molecular complexity index is 612. The summed E-state index contributed by atoms with van der Waals surface area (Å²) in [5, 5.41) is 10.7. The van der Waals surface area contributed by atoms with Crippen LogP contribution in [0.1, 0.15) is 24.1 Å². The number of rotatable bonds is 5. The quantitative estimate of drug-likeness (QED) is 0.669. The lowest BCUT2D eigenvalue weighted by atomic mass is 10.1. The highest BCUT2D eigenvalue weighted by Gasteiger charge is 2.06. The van der Waals surface area contributed by atoms with Crippen LogP contribution in [0.2, 0.25) is 0 Å². The maximum Gasteiger partial charge on any atom is 0.269 e. The molecule has 0 radical (unpaired) electrons. The van der Waals surface area contributed by atoms with Crippen LogP contribution in [-0.4, -0.2) is 4.92 Å². The number of non-ortho nitro benzene ring substituents is 1. The van der Waals surface area contributed by atoms with Crippen LogP contribution in [0.4, 0.5) is 5.69 Å². The molecule has 0 fully saturated rings. The van der Waals surface area contributed by atoms with Crippen LogP contribution in [0.3, 0.4) is 0 Å². The SMILES string of the molecule is C[C@H](N)c1cccc(OCc2cccc([N+](=O)[O-])c2)c1. The third kappa shape index (κ3) is 3.55. The Hall–Kier alpha value is -2.40. The molecule has 2 N–H and O–H groups in total. The van der Waals surface area contributed by atoms with Gasteiger partial charge in [-0.1, -0.05) is 24.3 Å². The zero-order valence-corrected chi connectivity index (χ0v) is 11.2. The van der Waals surface area contributed by atoms with Crippen LogP contribution < -0.4 is 10.5 Å². The summed E-state index contributed by atoms with van der Waals surface area (Å²) in [6.45, 7) is 2.18. The maximum atomic E-state index is 10.7. The van der Waals surface area contributed by atoms with E-state index in [9.17, 15) is 10.1 Å². The average Bonchev–Trinajstić information content (AvgIpc) is 2.45. The van der Waals surface area contributed by atoms with Gasteiger partial charge < -0.3 is 10.5 Å². The summed E-state index contributed by atoms with van der Waals surface area (Å²) in [5.41, 5.74) is 7.62. The minimum Gasteiger partial charge on any atom is -0.489 e. The Morgan fingerprint density at radius 3 is 2.70 bits per heavy atom. The van der Waals surface area contributed by atoms with E-state index < -0.39 is 4.92 Å². The van der Waals surface area contributed by atoms with E-state index in [-0.39, 0.29) is 18.3 Å². The second kappa shape index (κ2) is 6.16. The van der Waals surface area contributed by atoms with Crippen molar-refractivity contribution in [3.05, 3.63) is 69.8 Å². The first-order chi connectivity index (χ1) is 9.56. The number of hydrogen-bond donors (Lipinski definition) is 1. The molecule has 0 spiro atoms. The van der Waals surface area contributed by atoms with Gasteiger partial charge >= 0.3 is 0 Å². The maximum absolute atomic E-state index is 10.7. The van der Waals surface area contributed by atoms with Crippen LogP contribution >= 0.6 is 0 Å². The topological polar surface area (TPSA) is 78.4 Å². The van der Waals surface area contributed by atoms with E-state index in [1.54, 1.807) is 12.1 Å². The van der Waals surface area contributed by atoms with Crippen molar-refractivity contribution in [2.24, 2.45) is 5.73 Å². The molecule has 2 aromatic carbocycles. The van der Waals surface area contributed by atoms with Crippen molar-refractivity contribution in [2.45, 2.75) is 19.6 Å². The molecule has 2 aromatic rings. The largest absolute Gasteiger partial charge is 0.489 e. The number of ether oxygens (including phenoxy) is 1. The second-order valence-corrected chi connectivity index (χ2v) is 4.58. The first-order valence-corrected chi connectivity index (χ1v) is 6.28. The number of benzene rings is 2. The molecule has 0 aliphatic heterocycles. The van der Waals surface area contributed by atoms with Crippen molar-refractivity contribution in [1.82, 2.24) is 0 Å². The van der Waals surface area contributed by atoms with Gasteiger partial charge in [-0.15, -0.1) is 0 Å². The van der Waals surface area contributed by atoms with Crippen LogP contribution in [0.15, 0.2) is 48.5 Å². The Morgan fingerprint density at radius 1 is 1.25 bits per heavy atom. The molecule has 104 valence electrons. The first-order valence-electron chi connectivity index (χ1n) is 6.28. The number of nitro benzene ring substituents is 1. The zero-order valence-electron chi connectivity index (χ0n) is 11.2. The van der Waals surface area contributed by atoms with Crippen molar-refractivity contribution >= 4 is 5.69 Å². The second-order valence-electron chi connectivity index (χ2n) is 4.58. The zero-order chi connectivity index (χ0) is 14.5. The molecular weight excluding hydrogens is 256 g/mol. The smallest absolute Gasteiger partial charge is 0.269 e. The molecular formula is C15H16N2O3. The highest BCUT2D eigenvalue weighted by atomic mass is 16.6. The van der Waals surface area contributed by atoms with Gasteiger partial charge in [-0.05, 0) is 30.2 Å². The van der Waals surface area contributed by atoms with Crippen molar-refractivity contribution in [1.29, 1.82) is 0 Å². The number of nitrogens with zero attached hydrogens (tertiary/aromatic N) is 1. The summed E-state index contributed by atoms with van der Waals surface area (Å²) in [6, 6.07) is 13.9. The minimum absolute atomic E-state index is 0.0589. The molecule has 0 aromatic heterocycles. The lowest BCUT2D eigenvalue weighted by molar-refractivity contribution is -0.384. The lowest BCUT2D eigenvalue weighted by Gasteiger charge is -2.10. The molecule has 0 saturated heterocycles. The highest BCUT2D eigenvalue weighted by Crippen LogP contribution is 2.20. The van der Waals surface area contributed by atoms with Gasteiger partial charge in [0.2, 0.25) is 0 Å². The van der Waals surface area contributed by atoms with Crippen LogP contribution in [-0.2, 0) is 6.61 Å². The fraction of sp³-hybridized carbons (Fsp3) is 0.200. The molecule has 20 heavy (non-hydrogen) atoms. The molecule has 0 heterocycles. The van der Waals surface area contributed by atoms with Crippen LogP contribution in [0.5, 0.6) is 5.75 Å². The standard InChI is InChI=1S/C15H16N2O3/c1-11(16)13-5-3-7-15(9-13)20-10-12-4-2-6-14(8-12)17(18)19/h2-9,11H,10,16H2,1H3/t11-/m0/s1. The van der Waals surface area contributed by atoms with Gasteiger partial charge in [0.15, 0.2) is 0 Å². The molecule has 0 amide bonds. The molecule has 0 aliphatic carbocycles. The van der Waals surface area contributed by atoms with Gasteiger partial charge in [0.05, 0.1) is 4.92 Å². The Kier molecular flexibility index (Phi) is 4.32. The first kappa shape index (κ1) is 14.0. The van der Waals surface area contributed by atoms with Crippen LogP contribution in [0, 0.1) is 10.1 Å². The third-order valence-electron chi connectivity index (χ3n) is 2.91. The third-order valence-corrected chi connectivity index (χ3v) is 2.91. The summed E-state index contributed by atoms with van der Waals surface area (Å²) in [5.74, 6) is 0.700. The summed E-state index contributed by atoms with van der Waals surface area (Å²) in [7, 11) is 0. The van der Waals surface area contributed by atoms with Crippen LogP contribution in [0.25, 0.3) is 0 Å². The fourth-order valence-electron chi connectivity index (χ4n) is 1.81. The van der Waals surface area contributed by atoms with E-state index in [2.05, 4.69) is 0 Å². The fourth-order valence-corrected chi connectivity index (χ4v) is 1.81.